The predicted molar refractivity (Wildman–Crippen MR) is 119 cm³/mol. The van der Waals surface area contributed by atoms with Crippen molar-refractivity contribution < 1.29 is 19.4 Å². The van der Waals surface area contributed by atoms with Crippen molar-refractivity contribution in [3.63, 3.8) is 0 Å². The second-order valence-electron chi connectivity index (χ2n) is 6.90. The lowest BCUT2D eigenvalue weighted by Gasteiger charge is -2.14. The number of nitrogens with one attached hydrogen (secondary N) is 1. The Labute approximate surface area is 180 Å². The summed E-state index contributed by atoms with van der Waals surface area (Å²) >= 11 is 1.59. The Hall–Kier alpha value is -2.96. The van der Waals surface area contributed by atoms with E-state index in [1.807, 2.05) is 66.7 Å². The summed E-state index contributed by atoms with van der Waals surface area (Å²) in [6, 6.07) is 25.4. The molecule has 0 saturated carbocycles. The molecule has 1 aliphatic rings. The lowest BCUT2D eigenvalue weighted by molar-refractivity contribution is -0.138. The molecular weight excluding hydrogens is 398 g/mol. The number of carboxylic acids is 1. The Morgan fingerprint density at radius 1 is 0.967 bits per heavy atom. The first-order valence-electron chi connectivity index (χ1n) is 9.81. The SMILES string of the molecule is O=C(O)C1CSC(c2cccc(OCCOc3ccccc3-c3ccccc3)c2)N1. The fourth-order valence-electron chi connectivity index (χ4n) is 3.33. The van der Waals surface area contributed by atoms with Gasteiger partial charge in [-0.2, -0.15) is 0 Å². The fraction of sp³-hybridized carbons (Fsp3) is 0.208. The minimum absolute atomic E-state index is 0.0383. The highest BCUT2D eigenvalue weighted by Crippen LogP contribution is 2.34. The lowest BCUT2D eigenvalue weighted by Crippen LogP contribution is -2.33. The van der Waals surface area contributed by atoms with Gasteiger partial charge in [-0.3, -0.25) is 10.1 Å². The molecule has 0 aromatic heterocycles. The van der Waals surface area contributed by atoms with Crippen LogP contribution < -0.4 is 14.8 Å². The highest BCUT2D eigenvalue weighted by molar-refractivity contribution is 7.99. The number of para-hydroxylation sites is 1. The van der Waals surface area contributed by atoms with Crippen LogP contribution in [-0.2, 0) is 4.79 Å². The molecule has 2 unspecified atom stereocenters. The number of benzene rings is 3. The maximum absolute atomic E-state index is 11.1. The summed E-state index contributed by atoms with van der Waals surface area (Å²) in [5.41, 5.74) is 3.18. The first kappa shape index (κ1) is 20.3. The summed E-state index contributed by atoms with van der Waals surface area (Å²) in [6.45, 7) is 0.834. The van der Waals surface area contributed by atoms with Gasteiger partial charge in [-0.1, -0.05) is 60.7 Å². The molecule has 154 valence electrons. The van der Waals surface area contributed by atoms with Gasteiger partial charge in [0.15, 0.2) is 0 Å². The average Bonchev–Trinajstić information content (AvgIpc) is 3.29. The number of carbonyl (C=O) groups is 1. The Morgan fingerprint density at radius 2 is 1.73 bits per heavy atom. The van der Waals surface area contributed by atoms with Crippen LogP contribution in [0, 0.1) is 0 Å². The first-order valence-corrected chi connectivity index (χ1v) is 10.9. The van der Waals surface area contributed by atoms with E-state index in [4.69, 9.17) is 14.6 Å². The molecule has 1 saturated heterocycles. The summed E-state index contributed by atoms with van der Waals surface area (Å²) in [5, 5.41) is 12.2. The molecule has 0 spiro atoms. The minimum Gasteiger partial charge on any atom is -0.490 e. The zero-order valence-corrected chi connectivity index (χ0v) is 17.2. The second kappa shape index (κ2) is 9.69. The van der Waals surface area contributed by atoms with Crippen molar-refractivity contribution in [1.29, 1.82) is 0 Å². The topological polar surface area (TPSA) is 67.8 Å². The van der Waals surface area contributed by atoms with Crippen LogP contribution in [0.1, 0.15) is 10.9 Å². The quantitative estimate of drug-likeness (QED) is 0.518. The number of rotatable bonds is 8. The van der Waals surface area contributed by atoms with Crippen LogP contribution in [0.5, 0.6) is 11.5 Å². The van der Waals surface area contributed by atoms with Crippen LogP contribution in [0.2, 0.25) is 0 Å². The number of aliphatic carboxylic acids is 1. The third kappa shape index (κ3) is 4.96. The molecule has 0 radical (unpaired) electrons. The Balaban J connectivity index is 1.32. The van der Waals surface area contributed by atoms with Gasteiger partial charge in [-0.25, -0.2) is 0 Å². The smallest absolute Gasteiger partial charge is 0.321 e. The summed E-state index contributed by atoms with van der Waals surface area (Å²) in [7, 11) is 0. The molecule has 6 heteroatoms. The van der Waals surface area contributed by atoms with Gasteiger partial charge >= 0.3 is 5.97 Å². The van der Waals surface area contributed by atoms with Gasteiger partial charge in [0, 0.05) is 11.3 Å². The Bertz CT molecular complexity index is 995. The maximum Gasteiger partial charge on any atom is 0.321 e. The second-order valence-corrected chi connectivity index (χ2v) is 8.04. The normalized spacial score (nSPS) is 18.1. The van der Waals surface area contributed by atoms with Crippen molar-refractivity contribution in [3.05, 3.63) is 84.4 Å². The van der Waals surface area contributed by atoms with Gasteiger partial charge in [-0.05, 0) is 29.3 Å². The maximum atomic E-state index is 11.1. The van der Waals surface area contributed by atoms with E-state index in [0.29, 0.717) is 19.0 Å². The van der Waals surface area contributed by atoms with Crippen molar-refractivity contribution in [1.82, 2.24) is 5.32 Å². The summed E-state index contributed by atoms with van der Waals surface area (Å²) < 4.78 is 11.8. The molecule has 0 amide bonds. The van der Waals surface area contributed by atoms with Crippen molar-refractivity contribution in [3.8, 4) is 22.6 Å². The van der Waals surface area contributed by atoms with Gasteiger partial charge in [0.1, 0.15) is 30.8 Å². The number of hydrogen-bond donors (Lipinski definition) is 2. The largest absolute Gasteiger partial charge is 0.490 e. The summed E-state index contributed by atoms with van der Waals surface area (Å²) in [4.78, 5) is 11.1. The molecular formula is C24H23NO4S. The predicted octanol–water partition coefficient (Wildman–Crippen LogP) is 4.60. The van der Waals surface area contributed by atoms with Crippen LogP contribution in [0.25, 0.3) is 11.1 Å². The molecule has 1 aliphatic heterocycles. The monoisotopic (exact) mass is 421 g/mol. The molecule has 3 aromatic rings. The highest BCUT2D eigenvalue weighted by atomic mass is 32.2. The molecule has 30 heavy (non-hydrogen) atoms. The van der Waals surface area contributed by atoms with Gasteiger partial charge in [0.05, 0.1) is 5.37 Å². The van der Waals surface area contributed by atoms with Crippen LogP contribution in [-0.4, -0.2) is 36.1 Å². The first-order chi connectivity index (χ1) is 14.7. The molecule has 2 atom stereocenters. The molecule has 1 fully saturated rings. The van der Waals surface area contributed by atoms with Crippen molar-refractivity contribution in [2.75, 3.05) is 19.0 Å². The molecule has 3 aromatic carbocycles. The van der Waals surface area contributed by atoms with E-state index in [2.05, 4.69) is 17.4 Å². The van der Waals surface area contributed by atoms with Gasteiger partial charge in [0.25, 0.3) is 0 Å². The van der Waals surface area contributed by atoms with Crippen LogP contribution in [0.4, 0.5) is 0 Å². The number of ether oxygens (including phenoxy) is 2. The van der Waals surface area contributed by atoms with Gasteiger partial charge in [0.2, 0.25) is 0 Å². The van der Waals surface area contributed by atoms with E-state index < -0.39 is 12.0 Å². The Kier molecular flexibility index (Phi) is 6.57. The van der Waals surface area contributed by atoms with E-state index in [9.17, 15) is 4.79 Å². The molecule has 0 bridgehead atoms. The average molecular weight is 422 g/mol. The number of thioether (sulfide) groups is 1. The van der Waals surface area contributed by atoms with Gasteiger partial charge < -0.3 is 14.6 Å². The van der Waals surface area contributed by atoms with Crippen molar-refractivity contribution in [2.45, 2.75) is 11.4 Å². The Morgan fingerprint density at radius 3 is 2.53 bits per heavy atom. The van der Waals surface area contributed by atoms with Gasteiger partial charge in [-0.15, -0.1) is 11.8 Å². The minimum atomic E-state index is -0.815. The van der Waals surface area contributed by atoms with Crippen molar-refractivity contribution >= 4 is 17.7 Å². The molecule has 1 heterocycles. The number of carboxylic acid groups (broad SMARTS) is 1. The summed E-state index contributed by atoms with van der Waals surface area (Å²) in [6.07, 6.45) is 0. The number of hydrogen-bond acceptors (Lipinski definition) is 5. The zero-order chi connectivity index (χ0) is 20.8. The molecule has 2 N–H and O–H groups in total. The van der Waals surface area contributed by atoms with E-state index in [1.54, 1.807) is 11.8 Å². The van der Waals surface area contributed by atoms with E-state index >= 15 is 0 Å². The van der Waals surface area contributed by atoms with Crippen LogP contribution in [0.3, 0.4) is 0 Å². The fourth-order valence-corrected chi connectivity index (χ4v) is 4.56. The van der Waals surface area contributed by atoms with E-state index in [0.717, 1.165) is 28.2 Å². The summed E-state index contributed by atoms with van der Waals surface area (Å²) in [5.74, 6) is 1.31. The van der Waals surface area contributed by atoms with E-state index in [-0.39, 0.29) is 5.37 Å². The molecule has 5 nitrogen and oxygen atoms in total. The molecule has 4 rings (SSSR count). The zero-order valence-electron chi connectivity index (χ0n) is 16.4. The van der Waals surface area contributed by atoms with Crippen LogP contribution >= 0.6 is 11.8 Å². The van der Waals surface area contributed by atoms with E-state index in [1.165, 1.54) is 0 Å². The van der Waals surface area contributed by atoms with Crippen molar-refractivity contribution in [2.24, 2.45) is 0 Å². The lowest BCUT2D eigenvalue weighted by atomic mass is 10.1. The highest BCUT2D eigenvalue weighted by Gasteiger charge is 2.30. The van der Waals surface area contributed by atoms with Crippen LogP contribution in [0.15, 0.2) is 78.9 Å². The third-order valence-corrected chi connectivity index (χ3v) is 6.09. The standard InChI is InChI=1S/C24H23NO4S/c26-24(27)21-16-30-23(25-21)18-9-6-10-19(15-18)28-13-14-29-22-12-5-4-11-20(22)17-7-2-1-3-8-17/h1-12,15,21,23,25H,13-14,16H2,(H,26,27). The third-order valence-electron chi connectivity index (χ3n) is 4.82. The molecule has 0 aliphatic carbocycles.